The first-order valence-electron chi connectivity index (χ1n) is 8.50. The molecule has 2 amide bonds. The second-order valence-corrected chi connectivity index (χ2v) is 7.16. The molecule has 0 aromatic heterocycles. The van der Waals surface area contributed by atoms with Gasteiger partial charge in [-0.3, -0.25) is 4.79 Å². The Labute approximate surface area is 142 Å². The molecular weight excluding hydrogens is 306 g/mol. The lowest BCUT2D eigenvalue weighted by Crippen LogP contribution is -2.42. The molecule has 2 unspecified atom stereocenters. The zero-order chi connectivity index (χ0) is 17.3. The first-order valence-corrected chi connectivity index (χ1v) is 8.50. The number of carbonyl (C=O) groups is 2. The molecule has 0 aliphatic carbocycles. The van der Waals surface area contributed by atoms with Crippen LogP contribution in [-0.4, -0.2) is 48.7 Å². The van der Waals surface area contributed by atoms with Gasteiger partial charge in [-0.25, -0.2) is 4.79 Å². The minimum atomic E-state index is -0.834. The molecule has 2 heterocycles. The summed E-state index contributed by atoms with van der Waals surface area (Å²) in [7, 11) is 2.07. The van der Waals surface area contributed by atoms with Crippen molar-refractivity contribution in [1.82, 2.24) is 10.2 Å². The van der Waals surface area contributed by atoms with Crippen LogP contribution in [0, 0.1) is 5.41 Å². The van der Waals surface area contributed by atoms with E-state index in [0.717, 1.165) is 30.6 Å². The number of carboxylic acid groups (broad SMARTS) is 1. The lowest BCUT2D eigenvalue weighted by atomic mass is 9.90. The van der Waals surface area contributed by atoms with Gasteiger partial charge in [0, 0.05) is 32.4 Å². The van der Waals surface area contributed by atoms with E-state index in [1.54, 1.807) is 11.8 Å². The number of anilines is 1. The van der Waals surface area contributed by atoms with Crippen LogP contribution < -0.4 is 10.2 Å². The average Bonchev–Trinajstić information content (AvgIpc) is 2.90. The van der Waals surface area contributed by atoms with Gasteiger partial charge in [-0.05, 0) is 37.8 Å². The number of nitrogens with one attached hydrogen (secondary N) is 1. The third-order valence-electron chi connectivity index (χ3n) is 5.28. The molecule has 2 N–H and O–H groups in total. The highest BCUT2D eigenvalue weighted by molar-refractivity contribution is 5.80. The highest BCUT2D eigenvalue weighted by Crippen LogP contribution is 2.33. The molecular formula is C18H25N3O3. The van der Waals surface area contributed by atoms with Crippen LogP contribution in [0.5, 0.6) is 0 Å². The second kappa shape index (κ2) is 6.34. The van der Waals surface area contributed by atoms with Crippen molar-refractivity contribution in [1.29, 1.82) is 0 Å². The number of para-hydroxylation sites is 1. The highest BCUT2D eigenvalue weighted by Gasteiger charge is 2.42. The summed E-state index contributed by atoms with van der Waals surface area (Å²) < 4.78 is 0. The fourth-order valence-corrected chi connectivity index (χ4v) is 3.64. The van der Waals surface area contributed by atoms with Gasteiger partial charge in [-0.15, -0.1) is 0 Å². The van der Waals surface area contributed by atoms with Gasteiger partial charge in [0.15, 0.2) is 0 Å². The molecule has 1 aromatic rings. The Morgan fingerprint density at radius 1 is 1.29 bits per heavy atom. The van der Waals surface area contributed by atoms with E-state index in [4.69, 9.17) is 0 Å². The maximum Gasteiger partial charge on any atom is 0.317 e. The maximum absolute atomic E-state index is 12.6. The Morgan fingerprint density at radius 2 is 2.04 bits per heavy atom. The van der Waals surface area contributed by atoms with Crippen LogP contribution in [0.4, 0.5) is 10.5 Å². The zero-order valence-electron chi connectivity index (χ0n) is 14.3. The number of carbonyl (C=O) groups excluding carboxylic acids is 1. The van der Waals surface area contributed by atoms with Crippen molar-refractivity contribution in [3.63, 3.8) is 0 Å². The van der Waals surface area contributed by atoms with E-state index >= 15 is 0 Å². The number of amides is 2. The van der Waals surface area contributed by atoms with E-state index in [9.17, 15) is 14.7 Å². The van der Waals surface area contributed by atoms with E-state index < -0.39 is 11.4 Å². The van der Waals surface area contributed by atoms with Crippen LogP contribution in [0.3, 0.4) is 0 Å². The number of carboxylic acids is 1. The molecule has 130 valence electrons. The topological polar surface area (TPSA) is 72.9 Å². The fourth-order valence-electron chi connectivity index (χ4n) is 3.64. The van der Waals surface area contributed by atoms with Gasteiger partial charge in [-0.2, -0.15) is 0 Å². The van der Waals surface area contributed by atoms with Crippen molar-refractivity contribution < 1.29 is 14.7 Å². The Morgan fingerprint density at radius 3 is 2.75 bits per heavy atom. The van der Waals surface area contributed by atoms with Gasteiger partial charge in [-0.1, -0.05) is 18.2 Å². The SMILES string of the molecule is CN1CCCC(NC(=O)N2CCC(C)(C(=O)O)C2)c2ccccc21. The van der Waals surface area contributed by atoms with Crippen LogP contribution in [0.15, 0.2) is 24.3 Å². The largest absolute Gasteiger partial charge is 0.481 e. The minimum Gasteiger partial charge on any atom is -0.481 e. The van der Waals surface area contributed by atoms with Gasteiger partial charge < -0.3 is 20.2 Å². The van der Waals surface area contributed by atoms with Crippen molar-refractivity contribution in [3.05, 3.63) is 29.8 Å². The number of nitrogens with zero attached hydrogens (tertiary/aromatic N) is 2. The molecule has 0 saturated carbocycles. The van der Waals surface area contributed by atoms with E-state index in [0.29, 0.717) is 13.0 Å². The molecule has 1 saturated heterocycles. The molecule has 2 aliphatic heterocycles. The van der Waals surface area contributed by atoms with Crippen molar-refractivity contribution in [2.45, 2.75) is 32.2 Å². The molecule has 24 heavy (non-hydrogen) atoms. The summed E-state index contributed by atoms with van der Waals surface area (Å²) in [6.07, 6.45) is 2.39. The number of aliphatic carboxylic acids is 1. The highest BCUT2D eigenvalue weighted by atomic mass is 16.4. The molecule has 0 spiro atoms. The second-order valence-electron chi connectivity index (χ2n) is 7.16. The molecule has 2 atom stereocenters. The van der Waals surface area contributed by atoms with E-state index in [-0.39, 0.29) is 18.6 Å². The van der Waals surface area contributed by atoms with Gasteiger partial charge in [0.05, 0.1) is 11.5 Å². The normalized spacial score (nSPS) is 26.7. The summed E-state index contributed by atoms with van der Waals surface area (Å²) in [4.78, 5) is 27.8. The summed E-state index contributed by atoms with van der Waals surface area (Å²) in [5, 5.41) is 12.4. The van der Waals surface area contributed by atoms with Crippen LogP contribution >= 0.6 is 0 Å². The third kappa shape index (κ3) is 3.05. The summed E-state index contributed by atoms with van der Waals surface area (Å²) in [6.45, 7) is 3.42. The molecule has 0 radical (unpaired) electrons. The lowest BCUT2D eigenvalue weighted by Gasteiger charge is -2.25. The Kier molecular flexibility index (Phi) is 4.39. The van der Waals surface area contributed by atoms with Crippen LogP contribution in [0.25, 0.3) is 0 Å². The first kappa shape index (κ1) is 16.6. The predicted molar refractivity (Wildman–Crippen MR) is 92.2 cm³/mol. The summed E-state index contributed by atoms with van der Waals surface area (Å²) >= 11 is 0. The molecule has 1 aromatic carbocycles. The van der Waals surface area contributed by atoms with Crippen molar-refractivity contribution >= 4 is 17.7 Å². The van der Waals surface area contributed by atoms with Crippen molar-refractivity contribution in [2.24, 2.45) is 5.41 Å². The number of benzene rings is 1. The first-order chi connectivity index (χ1) is 11.4. The number of hydrogen-bond donors (Lipinski definition) is 2. The van der Waals surface area contributed by atoms with Gasteiger partial charge >= 0.3 is 12.0 Å². The minimum absolute atomic E-state index is 0.0321. The smallest absolute Gasteiger partial charge is 0.317 e. The number of hydrogen-bond acceptors (Lipinski definition) is 3. The zero-order valence-corrected chi connectivity index (χ0v) is 14.3. The van der Waals surface area contributed by atoms with Crippen molar-refractivity contribution in [3.8, 4) is 0 Å². The quantitative estimate of drug-likeness (QED) is 0.873. The summed E-state index contributed by atoms with van der Waals surface area (Å²) in [6, 6.07) is 7.96. The van der Waals surface area contributed by atoms with Crippen LogP contribution in [0.2, 0.25) is 0 Å². The Bertz CT molecular complexity index is 648. The Balaban J connectivity index is 1.73. The standard InChI is InChI=1S/C18H25N3O3/c1-18(16(22)23)9-11-21(12-18)17(24)19-14-7-5-10-20(2)15-8-4-3-6-13(14)15/h3-4,6,8,14H,5,7,9-12H2,1-2H3,(H,19,24)(H,22,23). The molecule has 6 heteroatoms. The van der Waals surface area contributed by atoms with Crippen LogP contribution in [0.1, 0.15) is 37.8 Å². The van der Waals surface area contributed by atoms with Gasteiger partial charge in [0.25, 0.3) is 0 Å². The van der Waals surface area contributed by atoms with E-state index in [1.807, 2.05) is 12.1 Å². The van der Waals surface area contributed by atoms with Crippen molar-refractivity contribution in [2.75, 3.05) is 31.6 Å². The molecule has 1 fully saturated rings. The monoisotopic (exact) mass is 331 g/mol. The molecule has 2 aliphatic rings. The molecule has 6 nitrogen and oxygen atoms in total. The van der Waals surface area contributed by atoms with Gasteiger partial charge in [0.2, 0.25) is 0 Å². The maximum atomic E-state index is 12.6. The molecule has 0 bridgehead atoms. The lowest BCUT2D eigenvalue weighted by molar-refractivity contribution is -0.147. The van der Waals surface area contributed by atoms with Crippen LogP contribution in [-0.2, 0) is 4.79 Å². The average molecular weight is 331 g/mol. The predicted octanol–water partition coefficient (Wildman–Crippen LogP) is 2.46. The molecule has 3 rings (SSSR count). The summed E-state index contributed by atoms with van der Waals surface area (Å²) in [5.41, 5.74) is 1.45. The number of fused-ring (bicyclic) bond motifs is 1. The van der Waals surface area contributed by atoms with E-state index in [2.05, 4.69) is 29.4 Å². The fraction of sp³-hybridized carbons (Fsp3) is 0.556. The number of rotatable bonds is 2. The number of urea groups is 1. The van der Waals surface area contributed by atoms with E-state index in [1.165, 1.54) is 0 Å². The van der Waals surface area contributed by atoms with Gasteiger partial charge in [0.1, 0.15) is 0 Å². The Hall–Kier alpha value is -2.24. The number of likely N-dealkylation sites (tertiary alicyclic amines) is 1. The third-order valence-corrected chi connectivity index (χ3v) is 5.28. The summed E-state index contributed by atoms with van der Waals surface area (Å²) in [5.74, 6) is -0.834.